The zero-order chi connectivity index (χ0) is 13.7. The lowest BCUT2D eigenvalue weighted by molar-refractivity contribution is -0.128. The van der Waals surface area contributed by atoms with Crippen molar-refractivity contribution < 1.29 is 18.4 Å². The smallest absolute Gasteiger partial charge is 0.223 e. The standard InChI is InChI=1S/C13H15F2NO2/c1-8(13(18)16-2)3-12(17)6-9-4-10(14)7-11(15)5-9/h4-5,7-8H,3,6H2,1-2H3,(H,16,18)/t8-/m1/s1. The Morgan fingerprint density at radius 1 is 1.22 bits per heavy atom. The Labute approximate surface area is 104 Å². The molecule has 1 aromatic rings. The van der Waals surface area contributed by atoms with E-state index in [9.17, 15) is 18.4 Å². The van der Waals surface area contributed by atoms with Gasteiger partial charge in [0.15, 0.2) is 0 Å². The number of hydrogen-bond acceptors (Lipinski definition) is 2. The van der Waals surface area contributed by atoms with E-state index >= 15 is 0 Å². The van der Waals surface area contributed by atoms with Gasteiger partial charge < -0.3 is 5.32 Å². The van der Waals surface area contributed by atoms with Gasteiger partial charge in [-0.25, -0.2) is 8.78 Å². The fourth-order valence-electron chi connectivity index (χ4n) is 1.69. The van der Waals surface area contributed by atoms with Crippen molar-refractivity contribution in [3.63, 3.8) is 0 Å². The number of carbonyl (C=O) groups excluding carboxylic acids is 2. The van der Waals surface area contributed by atoms with Crippen LogP contribution in [0.1, 0.15) is 18.9 Å². The largest absolute Gasteiger partial charge is 0.359 e. The summed E-state index contributed by atoms with van der Waals surface area (Å²) in [5, 5.41) is 2.44. The van der Waals surface area contributed by atoms with Crippen LogP contribution < -0.4 is 5.32 Å². The minimum Gasteiger partial charge on any atom is -0.359 e. The summed E-state index contributed by atoms with van der Waals surface area (Å²) < 4.78 is 25.8. The first-order chi connectivity index (χ1) is 8.42. The molecule has 0 spiro atoms. The molecule has 0 aliphatic carbocycles. The summed E-state index contributed by atoms with van der Waals surface area (Å²) in [6.45, 7) is 1.63. The summed E-state index contributed by atoms with van der Waals surface area (Å²) in [6, 6.07) is 2.98. The molecule has 1 aromatic carbocycles. The zero-order valence-corrected chi connectivity index (χ0v) is 10.3. The van der Waals surface area contributed by atoms with Crippen LogP contribution in [-0.2, 0) is 16.0 Å². The molecule has 0 aliphatic heterocycles. The van der Waals surface area contributed by atoms with E-state index < -0.39 is 17.6 Å². The van der Waals surface area contributed by atoms with Crippen molar-refractivity contribution in [1.82, 2.24) is 5.32 Å². The summed E-state index contributed by atoms with van der Waals surface area (Å²) in [4.78, 5) is 22.9. The van der Waals surface area contributed by atoms with Gasteiger partial charge in [0.1, 0.15) is 17.4 Å². The molecule has 0 bridgehead atoms. The first-order valence-electron chi connectivity index (χ1n) is 5.60. The second-order valence-corrected chi connectivity index (χ2v) is 4.21. The van der Waals surface area contributed by atoms with Crippen LogP contribution in [0.2, 0.25) is 0 Å². The molecule has 1 N–H and O–H groups in total. The highest BCUT2D eigenvalue weighted by Gasteiger charge is 2.16. The highest BCUT2D eigenvalue weighted by Crippen LogP contribution is 2.11. The molecule has 3 nitrogen and oxygen atoms in total. The van der Waals surface area contributed by atoms with E-state index in [0.717, 1.165) is 18.2 Å². The lowest BCUT2D eigenvalue weighted by atomic mass is 9.99. The number of carbonyl (C=O) groups is 2. The van der Waals surface area contributed by atoms with Gasteiger partial charge in [0.05, 0.1) is 0 Å². The van der Waals surface area contributed by atoms with Gasteiger partial charge in [-0.3, -0.25) is 9.59 Å². The van der Waals surface area contributed by atoms with E-state index in [0.29, 0.717) is 0 Å². The van der Waals surface area contributed by atoms with Crippen molar-refractivity contribution in [2.45, 2.75) is 19.8 Å². The van der Waals surface area contributed by atoms with Gasteiger partial charge in [0, 0.05) is 31.9 Å². The Bertz CT molecular complexity index is 440. The van der Waals surface area contributed by atoms with Crippen molar-refractivity contribution in [2.24, 2.45) is 5.92 Å². The molecule has 0 radical (unpaired) electrons. The molecule has 18 heavy (non-hydrogen) atoms. The predicted octanol–water partition coefficient (Wildman–Crippen LogP) is 1.85. The van der Waals surface area contributed by atoms with E-state index in [2.05, 4.69) is 5.32 Å². The Balaban J connectivity index is 2.62. The Hall–Kier alpha value is -1.78. The van der Waals surface area contributed by atoms with E-state index in [1.54, 1.807) is 6.92 Å². The maximum absolute atomic E-state index is 12.9. The number of rotatable bonds is 5. The summed E-state index contributed by atoms with van der Waals surface area (Å²) in [5.74, 6) is -2.32. The molecule has 0 saturated heterocycles. The first kappa shape index (κ1) is 14.3. The maximum atomic E-state index is 12.9. The van der Waals surface area contributed by atoms with Crippen LogP contribution in [-0.4, -0.2) is 18.7 Å². The van der Waals surface area contributed by atoms with Crippen LogP contribution in [0.15, 0.2) is 18.2 Å². The number of benzene rings is 1. The van der Waals surface area contributed by atoms with Gasteiger partial charge in [0.25, 0.3) is 0 Å². The average molecular weight is 255 g/mol. The van der Waals surface area contributed by atoms with Crippen molar-refractivity contribution >= 4 is 11.7 Å². The lowest BCUT2D eigenvalue weighted by Crippen LogP contribution is -2.27. The van der Waals surface area contributed by atoms with Crippen LogP contribution in [0.25, 0.3) is 0 Å². The average Bonchev–Trinajstić information content (AvgIpc) is 2.25. The molecule has 98 valence electrons. The van der Waals surface area contributed by atoms with E-state index in [1.165, 1.54) is 7.05 Å². The molecule has 0 heterocycles. The molecule has 1 rings (SSSR count). The van der Waals surface area contributed by atoms with Gasteiger partial charge in [-0.1, -0.05) is 6.92 Å². The fourth-order valence-corrected chi connectivity index (χ4v) is 1.69. The Morgan fingerprint density at radius 3 is 2.28 bits per heavy atom. The number of Topliss-reactive ketones (excluding diaryl/α,β-unsaturated/α-hetero) is 1. The zero-order valence-electron chi connectivity index (χ0n) is 10.3. The number of halogens is 2. The van der Waals surface area contributed by atoms with E-state index in [1.807, 2.05) is 0 Å². The second-order valence-electron chi connectivity index (χ2n) is 4.21. The third-order valence-corrected chi connectivity index (χ3v) is 2.55. The molecular formula is C13H15F2NO2. The van der Waals surface area contributed by atoms with Crippen molar-refractivity contribution in [1.29, 1.82) is 0 Å². The van der Waals surface area contributed by atoms with Gasteiger partial charge in [-0.05, 0) is 17.7 Å². The van der Waals surface area contributed by atoms with Crippen LogP contribution in [0.5, 0.6) is 0 Å². The van der Waals surface area contributed by atoms with E-state index in [-0.39, 0.29) is 30.1 Å². The third kappa shape index (κ3) is 4.24. The van der Waals surface area contributed by atoms with Crippen LogP contribution >= 0.6 is 0 Å². The maximum Gasteiger partial charge on any atom is 0.223 e. The molecule has 0 fully saturated rings. The number of nitrogens with one attached hydrogen (secondary N) is 1. The summed E-state index contributed by atoms with van der Waals surface area (Å²) >= 11 is 0. The van der Waals surface area contributed by atoms with Gasteiger partial charge >= 0.3 is 0 Å². The molecule has 0 saturated carbocycles. The monoisotopic (exact) mass is 255 g/mol. The molecule has 1 atom stereocenters. The summed E-state index contributed by atoms with van der Waals surface area (Å²) in [6.07, 6.45) is -0.0200. The SMILES string of the molecule is CNC(=O)[C@H](C)CC(=O)Cc1cc(F)cc(F)c1. The van der Waals surface area contributed by atoms with Crippen LogP contribution in [0.4, 0.5) is 8.78 Å². The highest BCUT2D eigenvalue weighted by molar-refractivity contribution is 5.87. The summed E-state index contributed by atoms with van der Waals surface area (Å²) in [7, 11) is 1.49. The molecular weight excluding hydrogens is 240 g/mol. The number of ketones is 1. The minimum absolute atomic E-state index is 0.0534. The van der Waals surface area contributed by atoms with Gasteiger partial charge in [0.2, 0.25) is 5.91 Å². The molecule has 0 aromatic heterocycles. The molecule has 1 amide bonds. The minimum atomic E-state index is -0.711. The van der Waals surface area contributed by atoms with Gasteiger partial charge in [-0.2, -0.15) is 0 Å². The quantitative estimate of drug-likeness (QED) is 0.872. The van der Waals surface area contributed by atoms with Crippen molar-refractivity contribution in [3.05, 3.63) is 35.4 Å². The highest BCUT2D eigenvalue weighted by atomic mass is 19.1. The number of amides is 1. The fraction of sp³-hybridized carbons (Fsp3) is 0.385. The molecule has 0 unspecified atom stereocenters. The van der Waals surface area contributed by atoms with Crippen LogP contribution in [0, 0.1) is 17.6 Å². The molecule has 0 aliphatic rings. The first-order valence-corrected chi connectivity index (χ1v) is 5.60. The second kappa shape index (κ2) is 6.23. The molecule has 5 heteroatoms. The normalized spacial score (nSPS) is 12.0. The Morgan fingerprint density at radius 2 is 1.78 bits per heavy atom. The van der Waals surface area contributed by atoms with Gasteiger partial charge in [-0.15, -0.1) is 0 Å². The summed E-state index contributed by atoms with van der Waals surface area (Å²) in [5.41, 5.74) is 0.279. The lowest BCUT2D eigenvalue weighted by Gasteiger charge is -2.08. The Kier molecular flexibility index (Phi) is 4.95. The third-order valence-electron chi connectivity index (χ3n) is 2.55. The topological polar surface area (TPSA) is 46.2 Å². The van der Waals surface area contributed by atoms with Crippen molar-refractivity contribution in [3.8, 4) is 0 Å². The van der Waals surface area contributed by atoms with Crippen molar-refractivity contribution in [2.75, 3.05) is 7.05 Å². The van der Waals surface area contributed by atoms with Crippen LogP contribution in [0.3, 0.4) is 0 Å². The van der Waals surface area contributed by atoms with E-state index in [4.69, 9.17) is 0 Å². The number of hydrogen-bond donors (Lipinski definition) is 1. The predicted molar refractivity (Wildman–Crippen MR) is 62.9 cm³/mol.